The smallest absolute Gasteiger partial charge is 0.251 e. The summed E-state index contributed by atoms with van der Waals surface area (Å²) in [4.78, 5) is 12.3. The quantitative estimate of drug-likeness (QED) is 0.788. The number of nitrogens with two attached hydrogens (primary N) is 1. The second kappa shape index (κ2) is 9.12. The fourth-order valence-electron chi connectivity index (χ4n) is 2.03. The van der Waals surface area contributed by atoms with E-state index in [9.17, 15) is 13.2 Å². The normalized spacial score (nSPS) is 12.6. The molecule has 1 atom stereocenters. The van der Waals surface area contributed by atoms with Gasteiger partial charge in [-0.2, -0.15) is 0 Å². The van der Waals surface area contributed by atoms with Gasteiger partial charge in [-0.15, -0.1) is 12.4 Å². The zero-order valence-corrected chi connectivity index (χ0v) is 14.8. The van der Waals surface area contributed by atoms with Crippen molar-refractivity contribution in [1.29, 1.82) is 0 Å². The number of rotatable bonds is 7. The second-order valence-corrected chi connectivity index (χ2v) is 7.74. The van der Waals surface area contributed by atoms with Crippen LogP contribution in [-0.2, 0) is 9.84 Å². The molecule has 0 aliphatic carbocycles. The fraction of sp³-hybridized carbons (Fsp3) is 0.533. The number of carbonyl (C=O) groups excluding carboxylic acids is 1. The van der Waals surface area contributed by atoms with Crippen molar-refractivity contribution >= 4 is 28.2 Å². The summed E-state index contributed by atoms with van der Waals surface area (Å²) in [5, 5.41) is 2.87. The highest BCUT2D eigenvalue weighted by molar-refractivity contribution is 7.91. The van der Waals surface area contributed by atoms with Crippen LogP contribution in [0.5, 0.6) is 0 Å². The molecule has 0 aliphatic heterocycles. The number of hydrogen-bond donors (Lipinski definition) is 2. The Morgan fingerprint density at radius 3 is 2.18 bits per heavy atom. The number of benzene rings is 1. The summed E-state index contributed by atoms with van der Waals surface area (Å²) in [5.41, 5.74) is 6.09. The number of sulfone groups is 1. The minimum absolute atomic E-state index is 0. The van der Waals surface area contributed by atoms with Crippen molar-refractivity contribution in [2.75, 3.05) is 12.3 Å². The highest BCUT2D eigenvalue weighted by Crippen LogP contribution is 2.13. The predicted octanol–water partition coefficient (Wildman–Crippen LogP) is 2.01. The van der Waals surface area contributed by atoms with Gasteiger partial charge < -0.3 is 11.1 Å². The van der Waals surface area contributed by atoms with Crippen LogP contribution in [0.3, 0.4) is 0 Å². The van der Waals surface area contributed by atoms with Crippen molar-refractivity contribution in [2.45, 2.75) is 38.1 Å². The fourth-order valence-corrected chi connectivity index (χ4v) is 2.92. The molecule has 0 fully saturated rings. The van der Waals surface area contributed by atoms with E-state index in [2.05, 4.69) is 19.2 Å². The van der Waals surface area contributed by atoms with Crippen LogP contribution in [0.4, 0.5) is 0 Å². The van der Waals surface area contributed by atoms with Crippen molar-refractivity contribution < 1.29 is 13.2 Å². The van der Waals surface area contributed by atoms with Crippen LogP contribution in [-0.4, -0.2) is 32.7 Å². The van der Waals surface area contributed by atoms with E-state index >= 15 is 0 Å². The van der Waals surface area contributed by atoms with Crippen molar-refractivity contribution in [2.24, 2.45) is 11.7 Å². The van der Waals surface area contributed by atoms with E-state index in [1.807, 2.05) is 0 Å². The number of carbonyl (C=O) groups is 1. The molecule has 22 heavy (non-hydrogen) atoms. The van der Waals surface area contributed by atoms with Gasteiger partial charge in [0.15, 0.2) is 9.84 Å². The SMILES string of the molecule is CCS(=O)(=O)c1ccc(C(=O)NC(CN)CC(C)C)cc1.Cl. The molecule has 3 N–H and O–H groups in total. The second-order valence-electron chi connectivity index (χ2n) is 5.46. The number of nitrogens with one attached hydrogen (secondary N) is 1. The molecule has 0 saturated carbocycles. The molecular formula is C15H25ClN2O3S. The molecule has 1 aromatic rings. The molecule has 126 valence electrons. The van der Waals surface area contributed by atoms with Gasteiger partial charge in [0, 0.05) is 18.2 Å². The first kappa shape index (κ1) is 20.9. The Morgan fingerprint density at radius 1 is 1.23 bits per heavy atom. The maximum absolute atomic E-state index is 12.1. The summed E-state index contributed by atoms with van der Waals surface area (Å²) in [5.74, 6) is 0.254. The average molecular weight is 349 g/mol. The van der Waals surface area contributed by atoms with Crippen LogP contribution in [0.15, 0.2) is 29.2 Å². The summed E-state index contributed by atoms with van der Waals surface area (Å²) < 4.78 is 23.4. The van der Waals surface area contributed by atoms with Crippen LogP contribution in [0, 0.1) is 5.92 Å². The van der Waals surface area contributed by atoms with E-state index in [1.165, 1.54) is 24.3 Å². The molecule has 0 aliphatic rings. The Labute approximate surface area is 139 Å². The van der Waals surface area contributed by atoms with Crippen molar-refractivity contribution in [3.05, 3.63) is 29.8 Å². The predicted molar refractivity (Wildman–Crippen MR) is 91.2 cm³/mol. The van der Waals surface area contributed by atoms with Crippen LogP contribution in [0.2, 0.25) is 0 Å². The lowest BCUT2D eigenvalue weighted by molar-refractivity contribution is 0.0933. The van der Waals surface area contributed by atoms with Crippen LogP contribution in [0.1, 0.15) is 37.6 Å². The Hall–Kier alpha value is -1.11. The number of halogens is 1. The van der Waals surface area contributed by atoms with Crippen molar-refractivity contribution in [3.8, 4) is 0 Å². The summed E-state index contributed by atoms with van der Waals surface area (Å²) in [6.45, 7) is 6.11. The summed E-state index contributed by atoms with van der Waals surface area (Å²) in [7, 11) is -3.24. The van der Waals surface area contributed by atoms with E-state index in [-0.39, 0.29) is 35.0 Å². The first-order valence-corrected chi connectivity index (χ1v) is 8.79. The van der Waals surface area contributed by atoms with Crippen molar-refractivity contribution in [3.63, 3.8) is 0 Å². The highest BCUT2D eigenvalue weighted by Gasteiger charge is 2.15. The Kier molecular flexibility index (Phi) is 8.66. The van der Waals surface area contributed by atoms with Gasteiger partial charge in [0.2, 0.25) is 0 Å². The molecule has 0 bridgehead atoms. The van der Waals surface area contributed by atoms with Gasteiger partial charge in [-0.25, -0.2) is 8.42 Å². The van der Waals surface area contributed by atoms with Gasteiger partial charge in [-0.05, 0) is 36.6 Å². The molecule has 1 rings (SSSR count). The molecule has 1 amide bonds. The first-order chi connectivity index (χ1) is 9.80. The Morgan fingerprint density at radius 2 is 1.77 bits per heavy atom. The van der Waals surface area contributed by atoms with Crippen LogP contribution < -0.4 is 11.1 Å². The monoisotopic (exact) mass is 348 g/mol. The summed E-state index contributed by atoms with van der Waals surface area (Å²) in [6.07, 6.45) is 0.810. The maximum atomic E-state index is 12.1. The third-order valence-corrected chi connectivity index (χ3v) is 4.98. The van der Waals surface area contributed by atoms with Crippen molar-refractivity contribution in [1.82, 2.24) is 5.32 Å². The van der Waals surface area contributed by atoms with Gasteiger partial charge in [0.1, 0.15) is 0 Å². The molecular weight excluding hydrogens is 324 g/mol. The lowest BCUT2D eigenvalue weighted by Gasteiger charge is -2.18. The first-order valence-electron chi connectivity index (χ1n) is 7.14. The van der Waals surface area contributed by atoms with Crippen LogP contribution in [0.25, 0.3) is 0 Å². The number of hydrogen-bond acceptors (Lipinski definition) is 4. The zero-order chi connectivity index (χ0) is 16.0. The van der Waals surface area contributed by atoms with Gasteiger partial charge in [0.05, 0.1) is 10.6 Å². The third kappa shape index (κ3) is 5.94. The van der Waals surface area contributed by atoms with E-state index in [0.29, 0.717) is 18.0 Å². The summed E-state index contributed by atoms with van der Waals surface area (Å²) in [6, 6.07) is 5.92. The van der Waals surface area contributed by atoms with E-state index < -0.39 is 9.84 Å². The lowest BCUT2D eigenvalue weighted by Crippen LogP contribution is -2.41. The third-order valence-electron chi connectivity index (χ3n) is 3.23. The molecule has 1 aromatic carbocycles. The van der Waals surface area contributed by atoms with E-state index in [1.54, 1.807) is 6.92 Å². The van der Waals surface area contributed by atoms with E-state index in [4.69, 9.17) is 5.73 Å². The topological polar surface area (TPSA) is 89.3 Å². The summed E-state index contributed by atoms with van der Waals surface area (Å²) >= 11 is 0. The lowest BCUT2D eigenvalue weighted by atomic mass is 10.0. The van der Waals surface area contributed by atoms with Crippen LogP contribution >= 0.6 is 12.4 Å². The van der Waals surface area contributed by atoms with Gasteiger partial charge in [-0.3, -0.25) is 4.79 Å². The van der Waals surface area contributed by atoms with E-state index in [0.717, 1.165) is 6.42 Å². The molecule has 7 heteroatoms. The number of amides is 1. The molecule has 0 aromatic heterocycles. The molecule has 0 saturated heterocycles. The Bertz CT molecular complexity index is 571. The zero-order valence-electron chi connectivity index (χ0n) is 13.2. The van der Waals surface area contributed by atoms with Gasteiger partial charge in [0.25, 0.3) is 5.91 Å². The average Bonchev–Trinajstić information content (AvgIpc) is 2.46. The molecule has 0 spiro atoms. The minimum Gasteiger partial charge on any atom is -0.348 e. The molecule has 5 nitrogen and oxygen atoms in total. The standard InChI is InChI=1S/C15H24N2O3S.ClH/c1-4-21(19,20)14-7-5-12(6-8-14)15(18)17-13(10-16)9-11(2)3;/h5-8,11,13H,4,9-10,16H2,1-3H3,(H,17,18);1H. The Balaban J connectivity index is 0.00000441. The largest absolute Gasteiger partial charge is 0.348 e. The minimum atomic E-state index is -3.24. The highest BCUT2D eigenvalue weighted by atomic mass is 35.5. The molecule has 1 unspecified atom stereocenters. The van der Waals surface area contributed by atoms with Gasteiger partial charge >= 0.3 is 0 Å². The molecule has 0 heterocycles. The van der Waals surface area contributed by atoms with Gasteiger partial charge in [-0.1, -0.05) is 20.8 Å². The maximum Gasteiger partial charge on any atom is 0.251 e. The molecule has 0 radical (unpaired) electrons.